The fraction of sp³-hybridized carbons (Fsp3) is 0.273. The van der Waals surface area contributed by atoms with Crippen molar-refractivity contribution in [3.8, 4) is 5.75 Å². The van der Waals surface area contributed by atoms with Crippen molar-refractivity contribution in [2.24, 2.45) is 5.92 Å². The SMILES string of the molecule is O=C(Oc1cccc(N2C(=O)CCCC2=O)c1)[C@@H]1CC(=O)N(c2cccc(Cl)c2)C1. The Morgan fingerprint density at radius 2 is 1.63 bits per heavy atom. The first kappa shape index (κ1) is 20.1. The number of carbonyl (C=O) groups is 4. The summed E-state index contributed by atoms with van der Waals surface area (Å²) < 4.78 is 5.46. The van der Waals surface area contributed by atoms with E-state index < -0.39 is 11.9 Å². The van der Waals surface area contributed by atoms with Crippen LogP contribution < -0.4 is 14.5 Å². The van der Waals surface area contributed by atoms with Crippen molar-refractivity contribution in [1.29, 1.82) is 0 Å². The normalized spacial score (nSPS) is 19.4. The first-order chi connectivity index (χ1) is 14.4. The van der Waals surface area contributed by atoms with Crippen molar-refractivity contribution >= 4 is 46.7 Å². The lowest BCUT2D eigenvalue weighted by molar-refractivity contribution is -0.139. The van der Waals surface area contributed by atoms with Gasteiger partial charge in [0.05, 0.1) is 11.6 Å². The monoisotopic (exact) mass is 426 g/mol. The first-order valence-electron chi connectivity index (χ1n) is 9.66. The van der Waals surface area contributed by atoms with Crippen molar-refractivity contribution in [1.82, 2.24) is 0 Å². The van der Waals surface area contributed by atoms with Crippen LogP contribution in [0.25, 0.3) is 0 Å². The van der Waals surface area contributed by atoms with E-state index in [4.69, 9.17) is 16.3 Å². The van der Waals surface area contributed by atoms with Crippen molar-refractivity contribution in [3.63, 3.8) is 0 Å². The Bertz CT molecular complexity index is 1020. The molecule has 2 fully saturated rings. The van der Waals surface area contributed by atoms with Gasteiger partial charge in [0.1, 0.15) is 5.75 Å². The van der Waals surface area contributed by atoms with Crippen LogP contribution in [0.2, 0.25) is 5.02 Å². The highest BCUT2D eigenvalue weighted by Crippen LogP contribution is 2.30. The summed E-state index contributed by atoms with van der Waals surface area (Å²) in [6.07, 6.45) is 1.19. The number of nitrogens with zero attached hydrogens (tertiary/aromatic N) is 2. The maximum Gasteiger partial charge on any atom is 0.316 e. The Labute approximate surface area is 178 Å². The molecule has 0 bridgehead atoms. The molecule has 3 amide bonds. The largest absolute Gasteiger partial charge is 0.426 e. The second-order valence-electron chi connectivity index (χ2n) is 7.28. The summed E-state index contributed by atoms with van der Waals surface area (Å²) in [6.45, 7) is 0.195. The van der Waals surface area contributed by atoms with Gasteiger partial charge in [-0.05, 0) is 36.8 Å². The van der Waals surface area contributed by atoms with E-state index in [0.717, 1.165) is 4.90 Å². The molecule has 7 nitrogen and oxygen atoms in total. The first-order valence-corrected chi connectivity index (χ1v) is 10.0. The molecule has 2 heterocycles. The lowest BCUT2D eigenvalue weighted by Crippen LogP contribution is -2.40. The summed E-state index contributed by atoms with van der Waals surface area (Å²) >= 11 is 6.00. The summed E-state index contributed by atoms with van der Waals surface area (Å²) in [5.41, 5.74) is 1.00. The van der Waals surface area contributed by atoms with Gasteiger partial charge >= 0.3 is 5.97 Å². The van der Waals surface area contributed by atoms with Gasteiger partial charge in [-0.15, -0.1) is 0 Å². The fourth-order valence-electron chi connectivity index (χ4n) is 3.69. The molecule has 154 valence electrons. The Hall–Kier alpha value is -3.19. The summed E-state index contributed by atoms with van der Waals surface area (Å²) in [7, 11) is 0. The average molecular weight is 427 g/mol. The number of anilines is 2. The molecule has 8 heteroatoms. The van der Waals surface area contributed by atoms with Gasteiger partial charge in [-0.1, -0.05) is 23.7 Å². The Morgan fingerprint density at radius 3 is 2.37 bits per heavy atom. The smallest absolute Gasteiger partial charge is 0.316 e. The number of halogens is 1. The lowest BCUT2D eigenvalue weighted by Gasteiger charge is -2.25. The van der Waals surface area contributed by atoms with E-state index in [1.165, 1.54) is 11.0 Å². The predicted molar refractivity (Wildman–Crippen MR) is 110 cm³/mol. The standard InChI is InChI=1S/C22H19ClN2O5/c23-15-4-1-5-16(11-15)24-13-14(10-21(24)28)22(29)30-18-7-2-6-17(12-18)25-19(26)8-3-9-20(25)27/h1-2,4-7,11-12,14H,3,8-10,13H2/t14-/m1/s1. The number of hydrogen-bond donors (Lipinski definition) is 0. The molecule has 2 aromatic carbocycles. The second-order valence-corrected chi connectivity index (χ2v) is 7.72. The molecule has 0 N–H and O–H groups in total. The van der Waals surface area contributed by atoms with E-state index in [1.54, 1.807) is 42.5 Å². The van der Waals surface area contributed by atoms with Crippen LogP contribution in [-0.4, -0.2) is 30.2 Å². The molecule has 2 aliphatic rings. The Kier molecular flexibility index (Phi) is 5.55. The summed E-state index contributed by atoms with van der Waals surface area (Å²) in [4.78, 5) is 51.9. The maximum atomic E-state index is 12.6. The van der Waals surface area contributed by atoms with Crippen molar-refractivity contribution in [3.05, 3.63) is 53.6 Å². The highest BCUT2D eigenvalue weighted by Gasteiger charge is 2.36. The Balaban J connectivity index is 1.46. The Morgan fingerprint density at radius 1 is 0.933 bits per heavy atom. The number of hydrogen-bond acceptors (Lipinski definition) is 5. The minimum absolute atomic E-state index is 0.0358. The topological polar surface area (TPSA) is 84.0 Å². The third-order valence-corrected chi connectivity index (χ3v) is 5.39. The molecule has 0 saturated carbocycles. The van der Waals surface area contributed by atoms with E-state index in [-0.39, 0.29) is 36.4 Å². The van der Waals surface area contributed by atoms with Crippen molar-refractivity contribution in [2.45, 2.75) is 25.7 Å². The highest BCUT2D eigenvalue weighted by molar-refractivity contribution is 6.31. The number of ether oxygens (including phenoxy) is 1. The minimum Gasteiger partial charge on any atom is -0.426 e. The molecule has 2 aliphatic heterocycles. The van der Waals surface area contributed by atoms with Crippen LogP contribution in [0.5, 0.6) is 5.75 Å². The van der Waals surface area contributed by atoms with Crippen LogP contribution in [0.4, 0.5) is 11.4 Å². The van der Waals surface area contributed by atoms with Crippen LogP contribution in [0.1, 0.15) is 25.7 Å². The van der Waals surface area contributed by atoms with Crippen molar-refractivity contribution in [2.75, 3.05) is 16.3 Å². The fourth-order valence-corrected chi connectivity index (χ4v) is 3.87. The number of benzene rings is 2. The molecule has 1 atom stereocenters. The summed E-state index contributed by atoms with van der Waals surface area (Å²) in [5.74, 6) is -1.67. The highest BCUT2D eigenvalue weighted by atomic mass is 35.5. The van der Waals surface area contributed by atoms with Gasteiger partial charge in [0.25, 0.3) is 0 Å². The molecule has 0 spiro atoms. The molecule has 0 radical (unpaired) electrons. The number of esters is 1. The molecular weight excluding hydrogens is 408 g/mol. The number of amides is 3. The van der Waals surface area contributed by atoms with E-state index in [1.807, 2.05) is 0 Å². The number of imide groups is 1. The summed E-state index contributed by atoms with van der Waals surface area (Å²) in [6, 6.07) is 13.2. The maximum absolute atomic E-state index is 12.6. The quantitative estimate of drug-likeness (QED) is 0.425. The summed E-state index contributed by atoms with van der Waals surface area (Å²) in [5, 5.41) is 0.505. The molecule has 2 saturated heterocycles. The number of rotatable bonds is 4. The van der Waals surface area contributed by atoms with Gasteiger partial charge in [-0.3, -0.25) is 24.1 Å². The molecule has 30 heavy (non-hydrogen) atoms. The van der Waals surface area contributed by atoms with Gasteiger partial charge in [-0.25, -0.2) is 0 Å². The minimum atomic E-state index is -0.626. The van der Waals surface area contributed by atoms with Gasteiger partial charge in [0, 0.05) is 42.6 Å². The van der Waals surface area contributed by atoms with Gasteiger partial charge in [0.15, 0.2) is 0 Å². The van der Waals surface area contributed by atoms with Crippen LogP contribution in [0.3, 0.4) is 0 Å². The average Bonchev–Trinajstić information content (AvgIpc) is 3.10. The molecule has 4 rings (SSSR count). The molecule has 0 aromatic heterocycles. The predicted octanol–water partition coefficient (Wildman–Crippen LogP) is 3.34. The third-order valence-electron chi connectivity index (χ3n) is 5.15. The molecular formula is C22H19ClN2O5. The van der Waals surface area contributed by atoms with E-state index >= 15 is 0 Å². The zero-order valence-electron chi connectivity index (χ0n) is 16.0. The second kappa shape index (κ2) is 8.28. The van der Waals surface area contributed by atoms with Gasteiger partial charge in [0.2, 0.25) is 17.7 Å². The van der Waals surface area contributed by atoms with Crippen LogP contribution in [-0.2, 0) is 19.2 Å². The molecule has 0 unspecified atom stereocenters. The number of piperidine rings is 1. The number of carbonyl (C=O) groups excluding carboxylic acids is 4. The zero-order chi connectivity index (χ0) is 21.3. The van der Waals surface area contributed by atoms with Crippen LogP contribution >= 0.6 is 11.6 Å². The van der Waals surface area contributed by atoms with E-state index in [0.29, 0.717) is 35.7 Å². The van der Waals surface area contributed by atoms with Gasteiger partial charge < -0.3 is 9.64 Å². The van der Waals surface area contributed by atoms with Crippen LogP contribution in [0, 0.1) is 5.92 Å². The zero-order valence-corrected chi connectivity index (χ0v) is 16.8. The van der Waals surface area contributed by atoms with Crippen molar-refractivity contribution < 1.29 is 23.9 Å². The van der Waals surface area contributed by atoms with Gasteiger partial charge in [-0.2, -0.15) is 0 Å². The molecule has 0 aliphatic carbocycles. The third kappa shape index (κ3) is 4.07. The van der Waals surface area contributed by atoms with E-state index in [2.05, 4.69) is 0 Å². The van der Waals surface area contributed by atoms with Crippen LogP contribution in [0.15, 0.2) is 48.5 Å². The molecule has 2 aromatic rings. The lowest BCUT2D eigenvalue weighted by atomic mass is 10.1. The van der Waals surface area contributed by atoms with E-state index in [9.17, 15) is 19.2 Å².